The molecule has 1 N–H and O–H groups in total. The van der Waals surface area contributed by atoms with Crippen LogP contribution < -0.4 is 0 Å². The summed E-state index contributed by atoms with van der Waals surface area (Å²) in [5, 5.41) is 11.0. The van der Waals surface area contributed by atoms with Gasteiger partial charge in [0.05, 0.1) is 17.9 Å². The Morgan fingerprint density at radius 3 is 2.45 bits per heavy atom. The summed E-state index contributed by atoms with van der Waals surface area (Å²) in [5.74, 6) is -1.61. The van der Waals surface area contributed by atoms with Crippen molar-refractivity contribution in [3.8, 4) is 0 Å². The van der Waals surface area contributed by atoms with Crippen molar-refractivity contribution in [2.75, 3.05) is 5.75 Å². The number of halogens is 1. The van der Waals surface area contributed by atoms with Gasteiger partial charge >= 0.3 is 5.97 Å². The van der Waals surface area contributed by atoms with E-state index in [0.717, 1.165) is 10.8 Å². The zero-order valence-corrected chi connectivity index (χ0v) is 12.1. The molecule has 0 amide bonds. The number of aliphatic carboxylic acids is 1. The summed E-state index contributed by atoms with van der Waals surface area (Å²) in [4.78, 5) is 10.4. The second-order valence-electron chi connectivity index (χ2n) is 4.56. The van der Waals surface area contributed by atoms with E-state index in [9.17, 15) is 13.2 Å². The van der Waals surface area contributed by atoms with Gasteiger partial charge in [0.1, 0.15) is 0 Å². The van der Waals surface area contributed by atoms with Crippen LogP contribution in [0.4, 0.5) is 0 Å². The number of carboxylic acids is 1. The Balaban J connectivity index is 2.21. The SMILES string of the molecule is O=C(O)CCS(=O)(=O)Cc1ccc2cc(Cl)ccc2c1. The van der Waals surface area contributed by atoms with Crippen molar-refractivity contribution in [3.63, 3.8) is 0 Å². The number of hydrogen-bond acceptors (Lipinski definition) is 3. The van der Waals surface area contributed by atoms with E-state index in [-0.39, 0.29) is 17.9 Å². The predicted octanol–water partition coefficient (Wildman–Crippen LogP) is 2.88. The third-order valence-corrected chi connectivity index (χ3v) is 4.71. The average molecular weight is 313 g/mol. The maximum atomic E-state index is 11.8. The molecule has 0 aliphatic carbocycles. The largest absolute Gasteiger partial charge is 0.481 e. The normalized spacial score (nSPS) is 11.7. The van der Waals surface area contributed by atoms with E-state index < -0.39 is 15.8 Å². The van der Waals surface area contributed by atoms with Gasteiger partial charge in [0.15, 0.2) is 9.84 Å². The van der Waals surface area contributed by atoms with Crippen LogP contribution in [0.25, 0.3) is 10.8 Å². The quantitative estimate of drug-likeness (QED) is 0.921. The lowest BCUT2D eigenvalue weighted by Gasteiger charge is -2.05. The van der Waals surface area contributed by atoms with Crippen molar-refractivity contribution in [1.29, 1.82) is 0 Å². The van der Waals surface area contributed by atoms with E-state index in [1.807, 2.05) is 12.1 Å². The maximum absolute atomic E-state index is 11.8. The number of carbonyl (C=O) groups is 1. The van der Waals surface area contributed by atoms with Gasteiger partial charge in [-0.05, 0) is 28.5 Å². The highest BCUT2D eigenvalue weighted by atomic mass is 35.5. The standard InChI is InChI=1S/C14H13ClO4S/c15-13-4-3-11-7-10(1-2-12(11)8-13)9-20(18,19)6-5-14(16)17/h1-4,7-8H,5-6,9H2,(H,16,17). The Bertz CT molecular complexity index is 753. The minimum Gasteiger partial charge on any atom is -0.481 e. The van der Waals surface area contributed by atoms with Gasteiger partial charge in [-0.1, -0.05) is 35.9 Å². The van der Waals surface area contributed by atoms with E-state index in [4.69, 9.17) is 16.7 Å². The van der Waals surface area contributed by atoms with Crippen LogP contribution >= 0.6 is 11.6 Å². The number of sulfone groups is 1. The molecule has 0 spiro atoms. The number of hydrogen-bond donors (Lipinski definition) is 1. The van der Waals surface area contributed by atoms with Crippen LogP contribution in [0.1, 0.15) is 12.0 Å². The lowest BCUT2D eigenvalue weighted by atomic mass is 10.1. The summed E-state index contributed by atoms with van der Waals surface area (Å²) in [7, 11) is -3.41. The molecule has 0 aliphatic heterocycles. The Hall–Kier alpha value is -1.59. The molecule has 0 unspecified atom stereocenters. The molecular weight excluding hydrogens is 300 g/mol. The molecule has 4 nitrogen and oxygen atoms in total. The first-order valence-corrected chi connectivity index (χ1v) is 8.16. The van der Waals surface area contributed by atoms with Gasteiger partial charge in [-0.3, -0.25) is 4.79 Å². The smallest absolute Gasteiger partial charge is 0.304 e. The summed E-state index contributed by atoms with van der Waals surface area (Å²) in [6.07, 6.45) is -0.370. The second kappa shape index (κ2) is 5.81. The molecule has 106 valence electrons. The van der Waals surface area contributed by atoms with E-state index in [0.29, 0.717) is 10.6 Å². The molecule has 0 bridgehead atoms. The molecule has 0 heterocycles. The molecule has 6 heteroatoms. The second-order valence-corrected chi connectivity index (χ2v) is 7.18. The fourth-order valence-corrected chi connectivity index (χ4v) is 3.42. The Morgan fingerprint density at radius 1 is 1.10 bits per heavy atom. The van der Waals surface area contributed by atoms with Gasteiger partial charge in [0.2, 0.25) is 0 Å². The molecule has 20 heavy (non-hydrogen) atoms. The summed E-state index contributed by atoms with van der Waals surface area (Å²) in [5.41, 5.74) is 0.644. The minimum atomic E-state index is -3.41. The first kappa shape index (κ1) is 14.8. The Labute approximate surface area is 121 Å². The first-order valence-electron chi connectivity index (χ1n) is 5.96. The van der Waals surface area contributed by atoms with Crippen LogP contribution in [-0.2, 0) is 20.4 Å². The molecule has 0 atom stereocenters. The molecule has 0 fully saturated rings. The van der Waals surface area contributed by atoms with Gasteiger partial charge in [-0.15, -0.1) is 0 Å². The van der Waals surface area contributed by atoms with Crippen LogP contribution in [0.5, 0.6) is 0 Å². The highest BCUT2D eigenvalue weighted by Crippen LogP contribution is 2.21. The van der Waals surface area contributed by atoms with Crippen molar-refractivity contribution < 1.29 is 18.3 Å². The van der Waals surface area contributed by atoms with Gasteiger partial charge in [-0.25, -0.2) is 8.42 Å². The molecule has 0 aromatic heterocycles. The van der Waals surface area contributed by atoms with Crippen molar-refractivity contribution in [3.05, 3.63) is 47.0 Å². The summed E-state index contributed by atoms with van der Waals surface area (Å²) >= 11 is 5.88. The number of carboxylic acid groups (broad SMARTS) is 1. The lowest BCUT2D eigenvalue weighted by molar-refractivity contribution is -0.136. The Morgan fingerprint density at radius 2 is 1.75 bits per heavy atom. The minimum absolute atomic E-state index is 0.154. The topological polar surface area (TPSA) is 71.4 Å². The van der Waals surface area contributed by atoms with Crippen molar-refractivity contribution in [2.24, 2.45) is 0 Å². The fraction of sp³-hybridized carbons (Fsp3) is 0.214. The molecule has 0 aliphatic rings. The van der Waals surface area contributed by atoms with E-state index in [2.05, 4.69) is 0 Å². The zero-order chi connectivity index (χ0) is 14.8. The van der Waals surface area contributed by atoms with Gasteiger partial charge in [0.25, 0.3) is 0 Å². The predicted molar refractivity (Wildman–Crippen MR) is 78.7 cm³/mol. The van der Waals surface area contributed by atoms with Gasteiger partial charge in [0, 0.05) is 5.02 Å². The molecule has 0 saturated heterocycles. The zero-order valence-electron chi connectivity index (χ0n) is 10.5. The lowest BCUT2D eigenvalue weighted by Crippen LogP contribution is -2.12. The van der Waals surface area contributed by atoms with Gasteiger partial charge in [-0.2, -0.15) is 0 Å². The Kier molecular flexibility index (Phi) is 4.30. The number of fused-ring (bicyclic) bond motifs is 1. The summed E-state index contributed by atoms with van der Waals surface area (Å²) < 4.78 is 23.6. The van der Waals surface area contributed by atoms with Crippen molar-refractivity contribution >= 4 is 38.2 Å². The molecule has 2 rings (SSSR count). The van der Waals surface area contributed by atoms with E-state index in [1.165, 1.54) is 0 Å². The van der Waals surface area contributed by atoms with Crippen LogP contribution in [0, 0.1) is 0 Å². The van der Waals surface area contributed by atoms with Crippen molar-refractivity contribution in [2.45, 2.75) is 12.2 Å². The molecular formula is C14H13ClO4S. The van der Waals surface area contributed by atoms with Crippen LogP contribution in [-0.4, -0.2) is 25.2 Å². The summed E-state index contributed by atoms with van der Waals surface area (Å²) in [6, 6.07) is 10.7. The fourth-order valence-electron chi connectivity index (χ4n) is 1.92. The molecule has 0 radical (unpaired) electrons. The molecule has 2 aromatic carbocycles. The van der Waals surface area contributed by atoms with E-state index in [1.54, 1.807) is 24.3 Å². The average Bonchev–Trinajstić information content (AvgIpc) is 2.36. The molecule has 0 saturated carbocycles. The number of benzene rings is 2. The number of rotatable bonds is 5. The van der Waals surface area contributed by atoms with Crippen LogP contribution in [0.3, 0.4) is 0 Å². The van der Waals surface area contributed by atoms with Crippen molar-refractivity contribution in [1.82, 2.24) is 0 Å². The summed E-state index contributed by atoms with van der Waals surface area (Å²) in [6.45, 7) is 0. The van der Waals surface area contributed by atoms with Gasteiger partial charge < -0.3 is 5.11 Å². The van der Waals surface area contributed by atoms with Crippen LogP contribution in [0.15, 0.2) is 36.4 Å². The third-order valence-electron chi connectivity index (χ3n) is 2.88. The highest BCUT2D eigenvalue weighted by Gasteiger charge is 2.14. The highest BCUT2D eigenvalue weighted by molar-refractivity contribution is 7.90. The molecule has 2 aromatic rings. The third kappa shape index (κ3) is 3.95. The van der Waals surface area contributed by atoms with Crippen LogP contribution in [0.2, 0.25) is 5.02 Å². The monoisotopic (exact) mass is 312 g/mol. The maximum Gasteiger partial charge on any atom is 0.304 e. The van der Waals surface area contributed by atoms with E-state index >= 15 is 0 Å². The first-order chi connectivity index (χ1) is 9.35.